The molecule has 2 heterocycles. The van der Waals surface area contributed by atoms with E-state index in [1.54, 1.807) is 12.1 Å². The van der Waals surface area contributed by atoms with Gasteiger partial charge in [0, 0.05) is 6.42 Å². The summed E-state index contributed by atoms with van der Waals surface area (Å²) in [4.78, 5) is 4.02. The van der Waals surface area contributed by atoms with E-state index in [0.717, 1.165) is 0 Å². The number of aliphatic hydroxyl groups excluding tert-OH is 1. The summed E-state index contributed by atoms with van der Waals surface area (Å²) in [5, 5.41) is 12.9. The Balaban J connectivity index is 2.21. The Bertz CT molecular complexity index is 520. The number of nitrogens with zero attached hydrogens (tertiary/aromatic N) is 3. The Morgan fingerprint density at radius 2 is 2.16 bits per heavy atom. The number of aliphatic hydroxyl groups is 1. The van der Waals surface area contributed by atoms with E-state index >= 15 is 0 Å². The lowest BCUT2D eigenvalue weighted by atomic mass is 10.3. The van der Waals surface area contributed by atoms with E-state index in [4.69, 9.17) is 9.52 Å². The van der Waals surface area contributed by atoms with Gasteiger partial charge in [0.25, 0.3) is 0 Å². The van der Waals surface area contributed by atoms with Gasteiger partial charge in [-0.2, -0.15) is 13.2 Å². The Labute approximate surface area is 106 Å². The molecule has 2 aromatic heterocycles. The van der Waals surface area contributed by atoms with Gasteiger partial charge >= 0.3 is 6.18 Å². The molecular formula is C11H12F3N3O2. The van der Waals surface area contributed by atoms with Crippen LogP contribution in [0, 0.1) is 0 Å². The minimum atomic E-state index is -4.25. The molecule has 0 spiro atoms. The summed E-state index contributed by atoms with van der Waals surface area (Å²) in [6, 6.07) is 3.25. The lowest BCUT2D eigenvalue weighted by Gasteiger charge is -2.06. The second kappa shape index (κ2) is 5.43. The summed E-state index contributed by atoms with van der Waals surface area (Å²) in [5.74, 6) is 0.776. The molecule has 2 rings (SSSR count). The van der Waals surface area contributed by atoms with Crippen LogP contribution in [0.1, 0.15) is 12.2 Å². The number of furan rings is 1. The van der Waals surface area contributed by atoms with Gasteiger partial charge in [0.1, 0.15) is 5.82 Å². The molecule has 0 fully saturated rings. The van der Waals surface area contributed by atoms with Crippen molar-refractivity contribution in [1.29, 1.82) is 0 Å². The maximum atomic E-state index is 12.2. The van der Waals surface area contributed by atoms with Gasteiger partial charge < -0.3 is 9.52 Å². The number of alkyl halides is 3. The van der Waals surface area contributed by atoms with E-state index in [1.165, 1.54) is 10.9 Å². The summed E-state index contributed by atoms with van der Waals surface area (Å²) >= 11 is 0. The van der Waals surface area contributed by atoms with E-state index < -0.39 is 12.6 Å². The SMILES string of the molecule is OCCn1nc(-c2ccco2)nc1CCC(F)(F)F. The fraction of sp³-hybridized carbons (Fsp3) is 0.455. The molecule has 8 heteroatoms. The lowest BCUT2D eigenvalue weighted by molar-refractivity contribution is -0.134. The van der Waals surface area contributed by atoms with Gasteiger partial charge in [-0.05, 0) is 12.1 Å². The fourth-order valence-electron chi connectivity index (χ4n) is 1.60. The lowest BCUT2D eigenvalue weighted by Crippen LogP contribution is -2.13. The molecule has 0 bridgehead atoms. The monoisotopic (exact) mass is 275 g/mol. The summed E-state index contributed by atoms with van der Waals surface area (Å²) in [5.41, 5.74) is 0. The first kappa shape index (κ1) is 13.6. The third kappa shape index (κ3) is 3.57. The molecule has 1 N–H and O–H groups in total. The number of aromatic nitrogens is 3. The molecule has 0 aromatic carbocycles. The van der Waals surface area contributed by atoms with Crippen LogP contribution in [0.15, 0.2) is 22.8 Å². The number of hydrogen-bond donors (Lipinski definition) is 1. The second-order valence-electron chi connectivity index (χ2n) is 3.89. The Kier molecular flexibility index (Phi) is 3.89. The standard InChI is InChI=1S/C11H12F3N3O2/c12-11(13,14)4-3-9-15-10(8-2-1-7-19-8)16-17(9)5-6-18/h1-2,7,18H,3-6H2. The van der Waals surface area contributed by atoms with Crippen LogP contribution in [0.5, 0.6) is 0 Å². The average Bonchev–Trinajstić information content (AvgIpc) is 2.94. The molecule has 0 aliphatic carbocycles. The zero-order valence-corrected chi connectivity index (χ0v) is 9.89. The van der Waals surface area contributed by atoms with Crippen molar-refractivity contribution in [2.24, 2.45) is 0 Å². The van der Waals surface area contributed by atoms with Crippen LogP contribution in [-0.2, 0) is 13.0 Å². The number of halogens is 3. The molecule has 0 atom stereocenters. The number of rotatable bonds is 5. The van der Waals surface area contributed by atoms with Gasteiger partial charge in [-0.1, -0.05) is 0 Å². The molecule has 2 aromatic rings. The quantitative estimate of drug-likeness (QED) is 0.906. The highest BCUT2D eigenvalue weighted by atomic mass is 19.4. The first-order chi connectivity index (χ1) is 8.99. The highest BCUT2D eigenvalue weighted by Gasteiger charge is 2.28. The molecule has 0 radical (unpaired) electrons. The van der Waals surface area contributed by atoms with Gasteiger partial charge in [-0.3, -0.25) is 0 Å². The molecule has 0 saturated heterocycles. The van der Waals surface area contributed by atoms with Gasteiger partial charge in [0.15, 0.2) is 5.76 Å². The Hall–Kier alpha value is -1.83. The van der Waals surface area contributed by atoms with Crippen molar-refractivity contribution in [3.8, 4) is 11.6 Å². The molecule has 5 nitrogen and oxygen atoms in total. The zero-order chi connectivity index (χ0) is 13.9. The third-order valence-corrected chi connectivity index (χ3v) is 2.43. The first-order valence-electron chi connectivity index (χ1n) is 5.65. The van der Waals surface area contributed by atoms with Gasteiger partial charge in [-0.25, -0.2) is 9.67 Å². The van der Waals surface area contributed by atoms with Gasteiger partial charge in [0.05, 0.1) is 25.8 Å². The molecule has 0 saturated carbocycles. The number of aryl methyl sites for hydroxylation is 1. The zero-order valence-electron chi connectivity index (χ0n) is 9.89. The van der Waals surface area contributed by atoms with E-state index in [9.17, 15) is 13.2 Å². The largest absolute Gasteiger partial charge is 0.461 e. The molecular weight excluding hydrogens is 263 g/mol. The molecule has 19 heavy (non-hydrogen) atoms. The van der Waals surface area contributed by atoms with Crippen molar-refractivity contribution in [2.45, 2.75) is 25.6 Å². The Morgan fingerprint density at radius 1 is 1.37 bits per heavy atom. The highest BCUT2D eigenvalue weighted by molar-refractivity contribution is 5.45. The van der Waals surface area contributed by atoms with E-state index in [2.05, 4.69) is 10.1 Å². The van der Waals surface area contributed by atoms with Crippen molar-refractivity contribution in [3.63, 3.8) is 0 Å². The minimum absolute atomic E-state index is 0.0981. The van der Waals surface area contributed by atoms with Crippen LogP contribution < -0.4 is 0 Å². The maximum Gasteiger partial charge on any atom is 0.389 e. The first-order valence-corrected chi connectivity index (χ1v) is 5.65. The van der Waals surface area contributed by atoms with Crippen LogP contribution in [0.3, 0.4) is 0 Å². The summed E-state index contributed by atoms with van der Waals surface area (Å²) in [6.07, 6.45) is -4.08. The Morgan fingerprint density at radius 3 is 2.74 bits per heavy atom. The topological polar surface area (TPSA) is 64.1 Å². The van der Waals surface area contributed by atoms with Crippen molar-refractivity contribution in [2.75, 3.05) is 6.61 Å². The summed E-state index contributed by atoms with van der Waals surface area (Å²) in [7, 11) is 0. The van der Waals surface area contributed by atoms with Crippen molar-refractivity contribution in [1.82, 2.24) is 14.8 Å². The highest BCUT2D eigenvalue weighted by Crippen LogP contribution is 2.23. The molecule has 0 aliphatic rings. The molecule has 0 aliphatic heterocycles. The van der Waals surface area contributed by atoms with Crippen LogP contribution >= 0.6 is 0 Å². The average molecular weight is 275 g/mol. The number of hydrogen-bond acceptors (Lipinski definition) is 4. The summed E-state index contributed by atoms with van der Waals surface area (Å²) < 4.78 is 43.0. The predicted octanol–water partition coefficient (Wildman–Crippen LogP) is 2.03. The maximum absolute atomic E-state index is 12.2. The van der Waals surface area contributed by atoms with E-state index in [-0.39, 0.29) is 31.2 Å². The van der Waals surface area contributed by atoms with Crippen molar-refractivity contribution in [3.05, 3.63) is 24.2 Å². The third-order valence-electron chi connectivity index (χ3n) is 2.43. The predicted molar refractivity (Wildman–Crippen MR) is 59.2 cm³/mol. The van der Waals surface area contributed by atoms with Gasteiger partial charge in [0.2, 0.25) is 5.82 Å². The fourth-order valence-corrected chi connectivity index (χ4v) is 1.60. The smallest absolute Gasteiger partial charge is 0.389 e. The normalized spacial score (nSPS) is 12.0. The molecule has 104 valence electrons. The second-order valence-corrected chi connectivity index (χ2v) is 3.89. The molecule has 0 unspecified atom stereocenters. The van der Waals surface area contributed by atoms with Crippen molar-refractivity contribution < 1.29 is 22.7 Å². The van der Waals surface area contributed by atoms with Gasteiger partial charge in [-0.15, -0.1) is 5.10 Å². The van der Waals surface area contributed by atoms with E-state index in [0.29, 0.717) is 5.76 Å². The van der Waals surface area contributed by atoms with Crippen LogP contribution in [0.25, 0.3) is 11.6 Å². The van der Waals surface area contributed by atoms with E-state index in [1.807, 2.05) is 0 Å². The van der Waals surface area contributed by atoms with Crippen molar-refractivity contribution >= 4 is 0 Å². The molecule has 0 amide bonds. The summed E-state index contributed by atoms with van der Waals surface area (Å²) in [6.45, 7) is -0.124. The van der Waals surface area contributed by atoms with Crippen LogP contribution in [-0.4, -0.2) is 32.7 Å². The van der Waals surface area contributed by atoms with Crippen LogP contribution in [0.4, 0.5) is 13.2 Å². The van der Waals surface area contributed by atoms with Crippen LogP contribution in [0.2, 0.25) is 0 Å². The minimum Gasteiger partial charge on any atom is -0.461 e.